The highest BCUT2D eigenvalue weighted by molar-refractivity contribution is 6.93. The molecule has 140 valence electrons. The Morgan fingerprint density at radius 3 is 1.39 bits per heavy atom. The minimum atomic E-state index is -1.52. The van der Waals surface area contributed by atoms with Gasteiger partial charge in [-0.05, 0) is 43.3 Å². The molecule has 0 aliphatic carbocycles. The predicted octanol–water partition coefficient (Wildman–Crippen LogP) is 5.15. The van der Waals surface area contributed by atoms with Crippen LogP contribution in [0.25, 0.3) is 0 Å². The van der Waals surface area contributed by atoms with Crippen LogP contribution >= 0.6 is 0 Å². The van der Waals surface area contributed by atoms with E-state index < -0.39 is 16.5 Å². The number of hydrogen-bond acceptors (Lipinski definition) is 2. The highest BCUT2D eigenvalue weighted by Crippen LogP contribution is 2.47. The standard InChI is InChI=1S/C18H45NOSi3/c1-16(2,3)22(9,10)19(23(11,12)17(4,5)6)15-13-14-18(7,8)20-21/h13-15H2,1-12,21H3. The average Bonchev–Trinajstić information content (AvgIpc) is 2.31. The predicted molar refractivity (Wildman–Crippen MR) is 115 cm³/mol. The number of nitrogens with zero attached hydrogens (tertiary/aromatic N) is 1. The Morgan fingerprint density at radius 2 is 1.13 bits per heavy atom. The first kappa shape index (κ1) is 23.6. The first-order valence-corrected chi connectivity index (χ1v) is 15.9. The van der Waals surface area contributed by atoms with Crippen LogP contribution in [0.2, 0.25) is 36.3 Å². The summed E-state index contributed by atoms with van der Waals surface area (Å²) in [5.74, 6) is 0. The topological polar surface area (TPSA) is 12.5 Å². The lowest BCUT2D eigenvalue weighted by Crippen LogP contribution is -2.68. The van der Waals surface area contributed by atoms with Crippen molar-refractivity contribution in [2.75, 3.05) is 6.54 Å². The number of rotatable bonds is 7. The zero-order chi connectivity index (χ0) is 18.9. The quantitative estimate of drug-likeness (QED) is 0.570. The van der Waals surface area contributed by atoms with Gasteiger partial charge in [0.05, 0.1) is 0 Å². The molecular formula is C18H45NOSi3. The van der Waals surface area contributed by atoms with E-state index in [4.69, 9.17) is 4.43 Å². The lowest BCUT2D eigenvalue weighted by atomic mass is 10.0. The molecule has 0 rings (SSSR count). The smallest absolute Gasteiger partial charge is 0.146 e. The molecule has 0 saturated heterocycles. The van der Waals surface area contributed by atoms with Crippen LogP contribution in [0, 0.1) is 0 Å². The van der Waals surface area contributed by atoms with Gasteiger partial charge in [0.1, 0.15) is 27.0 Å². The van der Waals surface area contributed by atoms with E-state index in [-0.39, 0.29) is 5.60 Å². The zero-order valence-electron chi connectivity index (χ0n) is 18.5. The highest BCUT2D eigenvalue weighted by atomic mass is 28.4. The van der Waals surface area contributed by atoms with Crippen molar-refractivity contribution in [3.63, 3.8) is 0 Å². The van der Waals surface area contributed by atoms with Gasteiger partial charge < -0.3 is 8.66 Å². The summed E-state index contributed by atoms with van der Waals surface area (Å²) < 4.78 is 8.80. The summed E-state index contributed by atoms with van der Waals surface area (Å²) in [5.41, 5.74) is 0.0543. The summed E-state index contributed by atoms with van der Waals surface area (Å²) >= 11 is 0. The van der Waals surface area contributed by atoms with Crippen LogP contribution in [-0.2, 0) is 4.43 Å². The van der Waals surface area contributed by atoms with E-state index in [1.165, 1.54) is 13.0 Å². The fraction of sp³-hybridized carbons (Fsp3) is 1.00. The van der Waals surface area contributed by atoms with E-state index in [0.29, 0.717) is 10.1 Å². The molecule has 2 nitrogen and oxygen atoms in total. The second-order valence-electron chi connectivity index (χ2n) is 10.8. The number of hydrogen-bond donors (Lipinski definition) is 0. The van der Waals surface area contributed by atoms with Crippen molar-refractivity contribution in [3.05, 3.63) is 0 Å². The summed E-state index contributed by atoms with van der Waals surface area (Å²) in [6, 6.07) is 0. The van der Waals surface area contributed by atoms with Gasteiger partial charge in [0.25, 0.3) is 0 Å². The van der Waals surface area contributed by atoms with Crippen LogP contribution in [-0.4, -0.2) is 43.3 Å². The molecule has 0 aromatic rings. The fourth-order valence-electron chi connectivity index (χ4n) is 2.83. The maximum Gasteiger partial charge on any atom is 0.146 e. The summed E-state index contributed by atoms with van der Waals surface area (Å²) in [6.45, 7) is 30.7. The molecule has 0 N–H and O–H groups in total. The molecule has 0 radical (unpaired) electrons. The van der Waals surface area contributed by atoms with Gasteiger partial charge in [-0.2, -0.15) is 0 Å². The van der Waals surface area contributed by atoms with Crippen molar-refractivity contribution in [3.8, 4) is 0 Å². The van der Waals surface area contributed by atoms with E-state index in [1.54, 1.807) is 0 Å². The molecule has 0 unspecified atom stereocenters. The second kappa shape index (κ2) is 7.44. The van der Waals surface area contributed by atoms with E-state index in [1.807, 2.05) is 0 Å². The lowest BCUT2D eigenvalue weighted by Gasteiger charge is -2.57. The summed E-state index contributed by atoms with van der Waals surface area (Å²) in [4.78, 5) is 0. The molecular weight excluding hydrogens is 330 g/mol. The molecule has 0 heterocycles. The van der Waals surface area contributed by atoms with Crippen LogP contribution in [0.4, 0.5) is 0 Å². The molecule has 0 spiro atoms. The molecule has 23 heavy (non-hydrogen) atoms. The van der Waals surface area contributed by atoms with Gasteiger partial charge in [0.2, 0.25) is 0 Å². The summed E-state index contributed by atoms with van der Waals surface area (Å²) in [6.07, 6.45) is 2.41. The molecule has 0 bridgehead atoms. The van der Waals surface area contributed by atoms with E-state index >= 15 is 0 Å². The molecule has 0 saturated carbocycles. The van der Waals surface area contributed by atoms with Gasteiger partial charge in [0.15, 0.2) is 0 Å². The van der Waals surface area contributed by atoms with Gasteiger partial charge in [0, 0.05) is 5.60 Å². The van der Waals surface area contributed by atoms with Crippen molar-refractivity contribution in [2.24, 2.45) is 0 Å². The van der Waals surface area contributed by atoms with Crippen LogP contribution in [0.15, 0.2) is 0 Å². The molecule has 0 fully saturated rings. The molecule has 0 aliphatic heterocycles. The van der Waals surface area contributed by atoms with Crippen molar-refractivity contribution < 1.29 is 4.43 Å². The van der Waals surface area contributed by atoms with Gasteiger partial charge in [-0.15, -0.1) is 0 Å². The van der Waals surface area contributed by atoms with E-state index in [9.17, 15) is 0 Å². The Hall–Kier alpha value is 0.571. The molecule has 0 aromatic carbocycles. The Bertz CT molecular complexity index is 353. The van der Waals surface area contributed by atoms with Crippen LogP contribution in [0.3, 0.4) is 0 Å². The Labute approximate surface area is 152 Å². The Balaban J connectivity index is 5.52. The van der Waals surface area contributed by atoms with Crippen molar-refractivity contribution >= 4 is 27.0 Å². The van der Waals surface area contributed by atoms with Gasteiger partial charge >= 0.3 is 0 Å². The Kier molecular flexibility index (Phi) is 7.62. The monoisotopic (exact) mass is 375 g/mol. The molecule has 0 aliphatic rings. The third kappa shape index (κ3) is 5.80. The van der Waals surface area contributed by atoms with Crippen molar-refractivity contribution in [2.45, 2.75) is 110 Å². The third-order valence-electron chi connectivity index (χ3n) is 6.73. The van der Waals surface area contributed by atoms with Gasteiger partial charge in [-0.3, -0.25) is 0 Å². The molecule has 0 amide bonds. The van der Waals surface area contributed by atoms with Crippen LogP contribution in [0.1, 0.15) is 68.2 Å². The molecule has 0 atom stereocenters. The zero-order valence-corrected chi connectivity index (χ0v) is 22.5. The van der Waals surface area contributed by atoms with E-state index in [2.05, 4.69) is 85.8 Å². The lowest BCUT2D eigenvalue weighted by molar-refractivity contribution is 0.109. The van der Waals surface area contributed by atoms with Gasteiger partial charge in [-0.1, -0.05) is 67.7 Å². The maximum atomic E-state index is 5.77. The molecule has 5 heteroatoms. The Morgan fingerprint density at radius 1 is 0.783 bits per heavy atom. The first-order chi connectivity index (χ1) is 9.90. The molecule has 0 aromatic heterocycles. The van der Waals surface area contributed by atoms with Crippen LogP contribution in [0.5, 0.6) is 0 Å². The minimum Gasteiger partial charge on any atom is -0.423 e. The minimum absolute atomic E-state index is 0.0543. The first-order valence-electron chi connectivity index (χ1n) is 9.23. The largest absolute Gasteiger partial charge is 0.423 e. The average molecular weight is 376 g/mol. The van der Waals surface area contributed by atoms with Crippen molar-refractivity contribution in [1.82, 2.24) is 4.23 Å². The van der Waals surface area contributed by atoms with Crippen LogP contribution < -0.4 is 0 Å². The SMILES string of the molecule is CC(C)(CCCN([Si](C)(C)C(C)(C)C)[Si](C)(C)C(C)(C)C)O[SiH3]. The highest BCUT2D eigenvalue weighted by Gasteiger charge is 2.51. The van der Waals surface area contributed by atoms with E-state index in [0.717, 1.165) is 16.9 Å². The second-order valence-corrected chi connectivity index (χ2v) is 22.0. The summed E-state index contributed by atoms with van der Waals surface area (Å²) in [7, 11) is -2.21. The fourth-order valence-corrected chi connectivity index (χ4v) is 13.7. The normalized spacial score (nSPS) is 15.5. The van der Waals surface area contributed by atoms with Crippen molar-refractivity contribution in [1.29, 1.82) is 0 Å². The van der Waals surface area contributed by atoms with Gasteiger partial charge in [-0.25, -0.2) is 0 Å². The summed E-state index contributed by atoms with van der Waals surface area (Å²) in [5, 5.41) is 0.790. The maximum absolute atomic E-state index is 5.77. The third-order valence-corrected chi connectivity index (χ3v) is 21.7.